The van der Waals surface area contributed by atoms with Gasteiger partial charge in [-0.3, -0.25) is 14.4 Å². The molecule has 2 aromatic rings. The van der Waals surface area contributed by atoms with E-state index in [1.165, 1.54) is 0 Å². The minimum atomic E-state index is -0.834. The molecule has 2 atom stereocenters. The molecule has 180 valence electrons. The van der Waals surface area contributed by atoms with Crippen molar-refractivity contribution in [1.82, 2.24) is 24.8 Å². The molecule has 2 amide bonds. The Morgan fingerprint density at radius 1 is 1.36 bits per heavy atom. The first kappa shape index (κ1) is 24.5. The molecular weight excluding hydrogens is 430 g/mol. The molecule has 4 rings (SSSR count). The summed E-state index contributed by atoms with van der Waals surface area (Å²) in [6, 6.07) is 1.77. The quantitative estimate of drug-likeness (QED) is 0.492. The maximum Gasteiger partial charge on any atom is 0.290 e. The van der Waals surface area contributed by atoms with Crippen LogP contribution in [0.4, 0.5) is 0 Å². The van der Waals surface area contributed by atoms with Gasteiger partial charge in [-0.2, -0.15) is 0 Å². The summed E-state index contributed by atoms with van der Waals surface area (Å²) in [6.45, 7) is 4.70. The minimum absolute atomic E-state index is 0.00434. The zero-order valence-electron chi connectivity index (χ0n) is 19.1. The van der Waals surface area contributed by atoms with E-state index in [0.717, 1.165) is 0 Å². The summed E-state index contributed by atoms with van der Waals surface area (Å²) >= 11 is 0. The highest BCUT2D eigenvalue weighted by atomic mass is 16.5. The Kier molecular flexibility index (Phi) is 7.23. The van der Waals surface area contributed by atoms with E-state index >= 15 is 0 Å². The lowest BCUT2D eigenvalue weighted by atomic mass is 9.74. The van der Waals surface area contributed by atoms with Gasteiger partial charge in [0, 0.05) is 39.0 Å². The van der Waals surface area contributed by atoms with Gasteiger partial charge >= 0.3 is 0 Å². The number of aryl methyl sites for hydroxylation is 2. The summed E-state index contributed by atoms with van der Waals surface area (Å²) in [6.07, 6.45) is 6.02. The first-order valence-electron chi connectivity index (χ1n) is 10.8. The van der Waals surface area contributed by atoms with E-state index in [9.17, 15) is 14.7 Å². The number of rotatable bonds is 3. The summed E-state index contributed by atoms with van der Waals surface area (Å²) < 4.78 is 7.77. The Balaban J connectivity index is 0.000000968. The van der Waals surface area contributed by atoms with Crippen LogP contribution in [0.25, 0.3) is 0 Å². The number of ether oxygens (including phenoxy) is 1. The van der Waals surface area contributed by atoms with Gasteiger partial charge in [-0.05, 0) is 32.8 Å². The molecule has 0 aliphatic carbocycles. The predicted octanol–water partition coefficient (Wildman–Crippen LogP) is 0.702. The number of carboxylic acid groups (broad SMARTS) is 1. The lowest BCUT2D eigenvalue weighted by molar-refractivity contribution is -0.175. The minimum Gasteiger partial charge on any atom is -0.483 e. The number of aliphatic hydroxyl groups is 1. The lowest BCUT2D eigenvalue weighted by Crippen LogP contribution is -2.66. The summed E-state index contributed by atoms with van der Waals surface area (Å²) in [4.78, 5) is 42.8. The van der Waals surface area contributed by atoms with E-state index in [4.69, 9.17) is 14.6 Å². The highest BCUT2D eigenvalue weighted by Crippen LogP contribution is 2.40. The average Bonchev–Trinajstić information content (AvgIpc) is 3.42. The van der Waals surface area contributed by atoms with Crippen molar-refractivity contribution in [1.29, 1.82) is 0 Å². The zero-order valence-corrected chi connectivity index (χ0v) is 19.1. The number of nitrogens with one attached hydrogen (secondary N) is 2. The molecule has 4 heterocycles. The topological polar surface area (TPSA) is 150 Å². The van der Waals surface area contributed by atoms with Crippen LogP contribution in [0.1, 0.15) is 52.7 Å². The second kappa shape index (κ2) is 9.75. The Bertz CT molecular complexity index is 960. The van der Waals surface area contributed by atoms with Crippen LogP contribution in [-0.4, -0.2) is 84.9 Å². The Labute approximate surface area is 191 Å². The summed E-state index contributed by atoms with van der Waals surface area (Å²) in [5, 5.41) is 20.6. The number of carbonyl (C=O) groups excluding carboxylic acids is 2. The number of amides is 2. The fourth-order valence-corrected chi connectivity index (χ4v) is 4.67. The van der Waals surface area contributed by atoms with E-state index in [1.807, 2.05) is 11.8 Å². The molecule has 4 N–H and O–H groups in total. The number of H-pyrrole nitrogens is 1. The molecule has 2 aromatic heterocycles. The second-order valence-electron chi connectivity index (χ2n) is 8.84. The fourth-order valence-electron chi connectivity index (χ4n) is 4.67. The first-order chi connectivity index (χ1) is 15.6. The molecule has 1 spiro atoms. The van der Waals surface area contributed by atoms with Crippen LogP contribution >= 0.6 is 0 Å². The van der Waals surface area contributed by atoms with Crippen LogP contribution in [-0.2, 0) is 16.6 Å². The van der Waals surface area contributed by atoms with Crippen molar-refractivity contribution in [2.75, 3.05) is 19.7 Å². The Morgan fingerprint density at radius 2 is 2.03 bits per heavy atom. The number of hydrogen-bond donors (Lipinski definition) is 4. The van der Waals surface area contributed by atoms with Gasteiger partial charge in [0.1, 0.15) is 11.8 Å². The largest absolute Gasteiger partial charge is 0.483 e. The van der Waals surface area contributed by atoms with Gasteiger partial charge in [0.15, 0.2) is 0 Å². The molecule has 0 aromatic carbocycles. The molecule has 0 saturated carbocycles. The third-order valence-corrected chi connectivity index (χ3v) is 6.51. The molecule has 0 bridgehead atoms. The van der Waals surface area contributed by atoms with Crippen molar-refractivity contribution in [2.45, 2.75) is 50.4 Å². The van der Waals surface area contributed by atoms with Gasteiger partial charge < -0.3 is 34.7 Å². The van der Waals surface area contributed by atoms with E-state index in [2.05, 4.69) is 15.3 Å². The highest BCUT2D eigenvalue weighted by Gasteiger charge is 2.50. The monoisotopic (exact) mass is 461 g/mol. The molecule has 2 fully saturated rings. The number of imidazole rings is 1. The molecule has 33 heavy (non-hydrogen) atoms. The van der Waals surface area contributed by atoms with Gasteiger partial charge in [0.2, 0.25) is 0 Å². The van der Waals surface area contributed by atoms with Crippen molar-refractivity contribution < 1.29 is 29.3 Å². The maximum atomic E-state index is 12.9. The van der Waals surface area contributed by atoms with E-state index in [0.29, 0.717) is 49.3 Å². The van der Waals surface area contributed by atoms with Gasteiger partial charge in [0.05, 0.1) is 35.3 Å². The number of nitrogens with zero attached hydrogens (tertiary/aromatic N) is 3. The van der Waals surface area contributed by atoms with Gasteiger partial charge in [-0.15, -0.1) is 0 Å². The number of aromatic nitrogens is 3. The zero-order chi connectivity index (χ0) is 24.2. The van der Waals surface area contributed by atoms with Crippen LogP contribution in [0.15, 0.2) is 24.8 Å². The molecule has 2 aliphatic heterocycles. The van der Waals surface area contributed by atoms with Crippen LogP contribution in [0.2, 0.25) is 0 Å². The van der Waals surface area contributed by atoms with E-state index in [-0.39, 0.29) is 24.9 Å². The molecule has 0 radical (unpaired) electrons. The third kappa shape index (κ3) is 5.09. The molecule has 11 heteroatoms. The molecule has 11 nitrogen and oxygen atoms in total. The molecule has 2 aliphatic rings. The van der Waals surface area contributed by atoms with E-state index < -0.39 is 17.2 Å². The number of carbonyl (C=O) groups is 3. The number of likely N-dealkylation sites (tertiary alicyclic amines) is 1. The third-order valence-electron chi connectivity index (χ3n) is 6.51. The normalized spacial score (nSPS) is 24.0. The van der Waals surface area contributed by atoms with Crippen LogP contribution in [0, 0.1) is 6.92 Å². The Hall–Kier alpha value is -3.18. The number of aliphatic hydroxyl groups excluding tert-OH is 1. The predicted molar refractivity (Wildman–Crippen MR) is 118 cm³/mol. The number of piperidine rings is 1. The van der Waals surface area contributed by atoms with Crippen LogP contribution in [0.3, 0.4) is 0 Å². The first-order valence-corrected chi connectivity index (χ1v) is 10.8. The van der Waals surface area contributed by atoms with Gasteiger partial charge in [-0.1, -0.05) is 0 Å². The molecule has 0 unspecified atom stereocenters. The standard InChI is InChI=1S/C21H29N5O4.CH2O2/c1-14-17(25(3)13-23-14)18(28)24-20(2)12-21(30-11-16(20)27)5-8-26(9-6-21)19(29)15-4-7-22-10-15;2-1-3/h4,7,10,13,16,22,27H,5-6,8-9,11-12H2,1-3H3,(H,24,28);1H,(H,2,3)/t16-,20-;/m1./s1. The van der Waals surface area contributed by atoms with Crippen molar-refractivity contribution in [2.24, 2.45) is 7.05 Å². The summed E-state index contributed by atoms with van der Waals surface area (Å²) in [5.74, 6) is -0.254. The van der Waals surface area contributed by atoms with Crippen molar-refractivity contribution in [3.8, 4) is 0 Å². The van der Waals surface area contributed by atoms with E-state index in [1.54, 1.807) is 43.3 Å². The summed E-state index contributed by atoms with van der Waals surface area (Å²) in [5.41, 5.74) is 0.466. The van der Waals surface area contributed by atoms with Crippen molar-refractivity contribution >= 4 is 18.3 Å². The van der Waals surface area contributed by atoms with Crippen LogP contribution < -0.4 is 5.32 Å². The van der Waals surface area contributed by atoms with Crippen molar-refractivity contribution in [3.05, 3.63) is 41.7 Å². The highest BCUT2D eigenvalue weighted by molar-refractivity contribution is 5.94. The van der Waals surface area contributed by atoms with Gasteiger partial charge in [-0.25, -0.2) is 4.98 Å². The lowest BCUT2D eigenvalue weighted by Gasteiger charge is -2.52. The smallest absolute Gasteiger partial charge is 0.290 e. The molecular formula is C22H31N5O6. The maximum absolute atomic E-state index is 12.9. The van der Waals surface area contributed by atoms with Crippen molar-refractivity contribution in [3.63, 3.8) is 0 Å². The number of hydrogen-bond acceptors (Lipinski definition) is 6. The fraction of sp³-hybridized carbons (Fsp3) is 0.545. The Morgan fingerprint density at radius 3 is 2.58 bits per heavy atom. The SMILES string of the molecule is Cc1ncn(C)c1C(=O)N[C@]1(C)CC2(CCN(C(=O)c3cc[nH]c3)CC2)OC[C@H]1O.O=CO. The molecule has 2 saturated heterocycles. The summed E-state index contributed by atoms with van der Waals surface area (Å²) in [7, 11) is 1.77. The van der Waals surface area contributed by atoms with Crippen LogP contribution in [0.5, 0.6) is 0 Å². The number of aromatic amines is 1. The van der Waals surface area contributed by atoms with Gasteiger partial charge in [0.25, 0.3) is 18.3 Å². The second-order valence-corrected chi connectivity index (χ2v) is 8.84. The average molecular weight is 462 g/mol.